The van der Waals surface area contributed by atoms with Crippen molar-refractivity contribution in [1.82, 2.24) is 15.1 Å². The molecule has 2 atom stereocenters. The highest BCUT2D eigenvalue weighted by Gasteiger charge is 2.34. The zero-order valence-electron chi connectivity index (χ0n) is 16.8. The average molecular weight is 392 g/mol. The Hall–Kier alpha value is -2.66. The number of hydrogen-bond acceptors (Lipinski definition) is 3. The molecule has 0 spiro atoms. The fourth-order valence-corrected chi connectivity index (χ4v) is 4.43. The van der Waals surface area contributed by atoms with Crippen molar-refractivity contribution in [1.29, 1.82) is 0 Å². The van der Waals surface area contributed by atoms with E-state index in [0.29, 0.717) is 26.1 Å². The van der Waals surface area contributed by atoms with Gasteiger partial charge in [-0.05, 0) is 37.1 Å². The topological polar surface area (TPSA) is 52.7 Å². The summed E-state index contributed by atoms with van der Waals surface area (Å²) >= 11 is 0. The summed E-state index contributed by atoms with van der Waals surface area (Å²) in [6.07, 6.45) is 2.73. The van der Waals surface area contributed by atoms with Crippen molar-refractivity contribution in [2.75, 3.05) is 26.2 Å². The normalized spacial score (nSPS) is 20.8. The maximum atomic E-state index is 12.8. The first-order valence-corrected chi connectivity index (χ1v) is 10.6. The zero-order chi connectivity index (χ0) is 20.1. The van der Waals surface area contributed by atoms with Gasteiger partial charge in [-0.2, -0.15) is 0 Å². The molecule has 5 nitrogen and oxygen atoms in total. The van der Waals surface area contributed by atoms with E-state index in [-0.39, 0.29) is 23.8 Å². The molecule has 1 N–H and O–H groups in total. The minimum Gasteiger partial charge on any atom is -0.354 e. The molecule has 0 aliphatic carbocycles. The molecule has 2 fully saturated rings. The highest BCUT2D eigenvalue weighted by atomic mass is 16.2. The molecule has 2 saturated heterocycles. The molecular formula is C24H29N3O2. The second-order valence-corrected chi connectivity index (χ2v) is 8.08. The lowest BCUT2D eigenvalue weighted by atomic mass is 10.0. The molecule has 2 aromatic rings. The average Bonchev–Trinajstić information content (AvgIpc) is 3.40. The lowest BCUT2D eigenvalue weighted by Crippen LogP contribution is -2.39. The number of amides is 2. The summed E-state index contributed by atoms with van der Waals surface area (Å²) < 4.78 is 0. The van der Waals surface area contributed by atoms with Crippen LogP contribution in [0.15, 0.2) is 60.7 Å². The van der Waals surface area contributed by atoms with Crippen LogP contribution in [0.1, 0.15) is 36.4 Å². The van der Waals surface area contributed by atoms with Gasteiger partial charge in [0.25, 0.3) is 0 Å². The molecular weight excluding hydrogens is 362 g/mol. The molecule has 4 rings (SSSR count). The predicted octanol–water partition coefficient (Wildman–Crippen LogP) is 2.99. The first kappa shape index (κ1) is 19.6. The molecule has 2 heterocycles. The van der Waals surface area contributed by atoms with E-state index in [1.165, 1.54) is 18.4 Å². The van der Waals surface area contributed by atoms with Crippen molar-refractivity contribution in [3.63, 3.8) is 0 Å². The van der Waals surface area contributed by atoms with E-state index in [1.54, 1.807) is 4.90 Å². The SMILES string of the molecule is O=C(NCC(c1ccccc1)N1CCCC1)C1CC(=O)N(Cc2ccccc2)C1. The minimum atomic E-state index is -0.263. The fourth-order valence-electron chi connectivity index (χ4n) is 4.43. The van der Waals surface area contributed by atoms with Gasteiger partial charge in [0.1, 0.15) is 0 Å². The summed E-state index contributed by atoms with van der Waals surface area (Å²) in [6.45, 7) is 3.81. The van der Waals surface area contributed by atoms with E-state index in [4.69, 9.17) is 0 Å². The first-order chi connectivity index (χ1) is 14.2. The Morgan fingerprint density at radius 3 is 2.34 bits per heavy atom. The molecule has 5 heteroatoms. The van der Waals surface area contributed by atoms with Crippen LogP contribution in [0.3, 0.4) is 0 Å². The van der Waals surface area contributed by atoms with Crippen LogP contribution in [-0.4, -0.2) is 47.8 Å². The molecule has 152 valence electrons. The summed E-state index contributed by atoms with van der Waals surface area (Å²) in [7, 11) is 0. The number of carbonyl (C=O) groups is 2. The number of likely N-dealkylation sites (tertiary alicyclic amines) is 2. The van der Waals surface area contributed by atoms with E-state index >= 15 is 0 Å². The second-order valence-electron chi connectivity index (χ2n) is 8.08. The van der Waals surface area contributed by atoms with Crippen LogP contribution in [0.25, 0.3) is 0 Å². The summed E-state index contributed by atoms with van der Waals surface area (Å²) in [6, 6.07) is 20.5. The molecule has 0 aromatic heterocycles. The lowest BCUT2D eigenvalue weighted by molar-refractivity contribution is -0.129. The molecule has 2 aliphatic heterocycles. The first-order valence-electron chi connectivity index (χ1n) is 10.6. The van der Waals surface area contributed by atoms with Crippen LogP contribution in [0, 0.1) is 5.92 Å². The van der Waals surface area contributed by atoms with E-state index in [1.807, 2.05) is 36.4 Å². The largest absolute Gasteiger partial charge is 0.354 e. The standard InChI is InChI=1S/C24H29N3O2/c28-23-15-21(18-27(23)17-19-9-3-1-4-10-19)24(29)25-16-22(26-13-7-8-14-26)20-11-5-2-6-12-20/h1-6,9-12,21-22H,7-8,13-18H2,(H,25,29). The molecule has 2 aliphatic rings. The number of nitrogens with zero attached hydrogens (tertiary/aromatic N) is 2. The van der Waals surface area contributed by atoms with Crippen LogP contribution in [-0.2, 0) is 16.1 Å². The van der Waals surface area contributed by atoms with E-state index < -0.39 is 0 Å². The molecule has 29 heavy (non-hydrogen) atoms. The van der Waals surface area contributed by atoms with Crippen molar-refractivity contribution < 1.29 is 9.59 Å². The van der Waals surface area contributed by atoms with Crippen LogP contribution < -0.4 is 5.32 Å². The Balaban J connectivity index is 1.35. The molecule has 2 unspecified atom stereocenters. The van der Waals surface area contributed by atoms with Gasteiger partial charge in [-0.1, -0.05) is 60.7 Å². The number of benzene rings is 2. The summed E-state index contributed by atoms with van der Waals surface area (Å²) in [5.41, 5.74) is 2.34. The summed E-state index contributed by atoms with van der Waals surface area (Å²) in [4.78, 5) is 29.5. The minimum absolute atomic E-state index is 0.00552. The van der Waals surface area contributed by atoms with Gasteiger partial charge >= 0.3 is 0 Å². The highest BCUT2D eigenvalue weighted by Crippen LogP contribution is 2.25. The Morgan fingerprint density at radius 2 is 1.66 bits per heavy atom. The fraction of sp³-hybridized carbons (Fsp3) is 0.417. The van der Waals surface area contributed by atoms with Crippen LogP contribution in [0.2, 0.25) is 0 Å². The zero-order valence-corrected chi connectivity index (χ0v) is 16.8. The van der Waals surface area contributed by atoms with E-state index in [9.17, 15) is 9.59 Å². The van der Waals surface area contributed by atoms with Gasteiger partial charge in [0, 0.05) is 26.1 Å². The molecule has 2 amide bonds. The van der Waals surface area contributed by atoms with Gasteiger partial charge in [-0.25, -0.2) is 0 Å². The number of carbonyl (C=O) groups excluding carboxylic acids is 2. The Bertz CT molecular complexity index is 819. The maximum absolute atomic E-state index is 12.8. The van der Waals surface area contributed by atoms with Crippen molar-refractivity contribution in [3.8, 4) is 0 Å². The number of rotatable bonds is 7. The number of nitrogens with one attached hydrogen (secondary N) is 1. The van der Waals surface area contributed by atoms with Crippen LogP contribution in [0.4, 0.5) is 0 Å². The van der Waals surface area contributed by atoms with Crippen molar-refractivity contribution in [3.05, 3.63) is 71.8 Å². The van der Waals surface area contributed by atoms with Gasteiger partial charge in [0.05, 0.1) is 12.0 Å². The lowest BCUT2D eigenvalue weighted by Gasteiger charge is -2.28. The predicted molar refractivity (Wildman–Crippen MR) is 113 cm³/mol. The molecule has 0 radical (unpaired) electrons. The van der Waals surface area contributed by atoms with Crippen LogP contribution in [0.5, 0.6) is 0 Å². The van der Waals surface area contributed by atoms with Gasteiger partial charge in [-0.3, -0.25) is 14.5 Å². The van der Waals surface area contributed by atoms with Crippen LogP contribution >= 0.6 is 0 Å². The molecule has 0 bridgehead atoms. The number of hydrogen-bond donors (Lipinski definition) is 1. The quantitative estimate of drug-likeness (QED) is 0.789. The van der Waals surface area contributed by atoms with Crippen molar-refractivity contribution >= 4 is 11.8 Å². The Labute approximate surface area is 172 Å². The monoisotopic (exact) mass is 391 g/mol. The van der Waals surface area contributed by atoms with Gasteiger partial charge in [0.15, 0.2) is 0 Å². The summed E-state index contributed by atoms with van der Waals surface area (Å²) in [5, 5.41) is 3.15. The third kappa shape index (κ3) is 4.85. The van der Waals surface area contributed by atoms with Crippen molar-refractivity contribution in [2.24, 2.45) is 5.92 Å². The third-order valence-corrected chi connectivity index (χ3v) is 6.04. The summed E-state index contributed by atoms with van der Waals surface area (Å²) in [5.74, 6) is -0.205. The van der Waals surface area contributed by atoms with Gasteiger partial charge in [0.2, 0.25) is 11.8 Å². The van der Waals surface area contributed by atoms with E-state index in [2.05, 4.69) is 34.5 Å². The Morgan fingerprint density at radius 1 is 1.00 bits per heavy atom. The maximum Gasteiger partial charge on any atom is 0.225 e. The van der Waals surface area contributed by atoms with Gasteiger partial charge < -0.3 is 10.2 Å². The molecule has 2 aromatic carbocycles. The highest BCUT2D eigenvalue weighted by molar-refractivity contribution is 5.89. The second kappa shape index (κ2) is 9.23. The van der Waals surface area contributed by atoms with Crippen molar-refractivity contribution in [2.45, 2.75) is 31.8 Å². The van der Waals surface area contributed by atoms with Gasteiger partial charge in [-0.15, -0.1) is 0 Å². The third-order valence-electron chi connectivity index (χ3n) is 6.04. The van der Waals surface area contributed by atoms with E-state index in [0.717, 1.165) is 18.7 Å². The molecule has 0 saturated carbocycles. The Kier molecular flexibility index (Phi) is 6.25. The smallest absolute Gasteiger partial charge is 0.225 e.